The van der Waals surface area contributed by atoms with Crippen LogP contribution in [0, 0.1) is 0 Å². The molecule has 2 amide bonds. The number of benzene rings is 2. The van der Waals surface area contributed by atoms with Crippen LogP contribution in [-0.2, 0) is 16.0 Å². The first-order valence-electron chi connectivity index (χ1n) is 12.8. The predicted molar refractivity (Wildman–Crippen MR) is 153 cm³/mol. The lowest BCUT2D eigenvalue weighted by atomic mass is 9.95. The minimum absolute atomic E-state index is 0.151. The Bertz CT molecular complexity index is 1490. The van der Waals surface area contributed by atoms with Crippen molar-refractivity contribution in [2.24, 2.45) is 0 Å². The first-order valence-corrected chi connectivity index (χ1v) is 12.8. The molecule has 4 rings (SSSR count). The molecule has 0 saturated carbocycles. The van der Waals surface area contributed by atoms with E-state index in [-0.39, 0.29) is 29.5 Å². The van der Waals surface area contributed by atoms with Gasteiger partial charge in [0.05, 0.1) is 52.4 Å². The van der Waals surface area contributed by atoms with Crippen molar-refractivity contribution in [3.05, 3.63) is 69.9 Å². The summed E-state index contributed by atoms with van der Waals surface area (Å²) < 4.78 is 22.3. The maximum atomic E-state index is 13.4. The summed E-state index contributed by atoms with van der Waals surface area (Å²) in [6.45, 7) is 1.29. The van der Waals surface area contributed by atoms with Crippen LogP contribution >= 0.6 is 0 Å². The quantitative estimate of drug-likeness (QED) is 0.368. The largest absolute Gasteiger partial charge is 0.495 e. The molecule has 1 aliphatic rings. The number of anilines is 2. The Hall–Kier alpha value is -4.73. The molecule has 1 aliphatic carbocycles. The molecule has 0 spiro atoms. The van der Waals surface area contributed by atoms with Gasteiger partial charge in [-0.15, -0.1) is 0 Å². The van der Waals surface area contributed by atoms with Crippen LogP contribution in [0.4, 0.5) is 11.4 Å². The fraction of sp³-hybridized carbons (Fsp3) is 0.300. The van der Waals surface area contributed by atoms with Crippen LogP contribution in [-0.4, -0.2) is 46.8 Å². The molecule has 0 radical (unpaired) electrons. The standard InChI is InChI=1S/C30H33N3O7/c1-17(34)32-21-12-10-18-14-26(38-3)29(39-4)30(40-5)28(18)19-11-13-22(24(35)15-20(19)21)31-16-27(36)33-23-8-6-7-9-25(23)37-2/h6-9,11,13-15,21H,10,12,16H2,1-5H3,(H,31,35)(H,32,34)(H,33,36). The van der Waals surface area contributed by atoms with Gasteiger partial charge in [-0.05, 0) is 59.9 Å². The zero-order chi connectivity index (χ0) is 28.8. The molecule has 3 aromatic rings. The minimum Gasteiger partial charge on any atom is -0.495 e. The van der Waals surface area contributed by atoms with Gasteiger partial charge in [0.2, 0.25) is 23.0 Å². The maximum absolute atomic E-state index is 13.4. The normalized spacial score (nSPS) is 13.6. The topological polar surface area (TPSA) is 124 Å². The van der Waals surface area contributed by atoms with Crippen molar-refractivity contribution in [3.8, 4) is 34.1 Å². The summed E-state index contributed by atoms with van der Waals surface area (Å²) in [7, 11) is 6.15. The molecule has 10 nitrogen and oxygen atoms in total. The molecule has 40 heavy (non-hydrogen) atoms. The summed E-state index contributed by atoms with van der Waals surface area (Å²) in [5.41, 5.74) is 3.43. The second-order valence-corrected chi connectivity index (χ2v) is 9.20. The van der Waals surface area contributed by atoms with E-state index in [1.165, 1.54) is 27.2 Å². The van der Waals surface area contributed by atoms with Crippen molar-refractivity contribution in [1.82, 2.24) is 5.32 Å². The van der Waals surface area contributed by atoms with E-state index < -0.39 is 6.04 Å². The summed E-state index contributed by atoms with van der Waals surface area (Å²) >= 11 is 0. The number of amides is 2. The number of carbonyl (C=O) groups excluding carboxylic acids is 2. The van der Waals surface area contributed by atoms with Crippen LogP contribution < -0.4 is 40.3 Å². The number of ether oxygens (including phenoxy) is 4. The molecular weight excluding hydrogens is 514 g/mol. The SMILES string of the molecule is COc1ccccc1NC(=O)CNc1ccc2c(cc1=O)C(NC(C)=O)CCc1cc(OC)c(OC)c(OC)c1-2. The van der Waals surface area contributed by atoms with Crippen molar-refractivity contribution in [2.45, 2.75) is 25.8 Å². The van der Waals surface area contributed by atoms with Crippen LogP contribution in [0.3, 0.4) is 0 Å². The van der Waals surface area contributed by atoms with Gasteiger partial charge in [-0.2, -0.15) is 0 Å². The van der Waals surface area contributed by atoms with E-state index in [2.05, 4.69) is 16.0 Å². The van der Waals surface area contributed by atoms with Gasteiger partial charge in [0.15, 0.2) is 11.5 Å². The van der Waals surface area contributed by atoms with Crippen LogP contribution in [0.2, 0.25) is 0 Å². The van der Waals surface area contributed by atoms with Crippen molar-refractivity contribution in [3.63, 3.8) is 0 Å². The highest BCUT2D eigenvalue weighted by Crippen LogP contribution is 2.50. The molecule has 3 N–H and O–H groups in total. The lowest BCUT2D eigenvalue weighted by molar-refractivity contribution is -0.119. The minimum atomic E-state index is -0.427. The van der Waals surface area contributed by atoms with E-state index in [0.29, 0.717) is 52.7 Å². The number of para-hydroxylation sites is 2. The number of hydrogen-bond donors (Lipinski definition) is 3. The number of rotatable bonds is 9. The Morgan fingerprint density at radius 1 is 0.875 bits per heavy atom. The summed E-state index contributed by atoms with van der Waals surface area (Å²) in [6.07, 6.45) is 1.14. The molecule has 1 unspecified atom stereocenters. The summed E-state index contributed by atoms with van der Waals surface area (Å²) in [4.78, 5) is 38.2. The smallest absolute Gasteiger partial charge is 0.243 e. The average Bonchev–Trinajstić information content (AvgIpc) is 3.19. The molecule has 0 aromatic heterocycles. The third kappa shape index (κ3) is 5.80. The Morgan fingerprint density at radius 3 is 2.27 bits per heavy atom. The van der Waals surface area contributed by atoms with E-state index >= 15 is 0 Å². The van der Waals surface area contributed by atoms with Crippen LogP contribution in [0.15, 0.2) is 53.3 Å². The van der Waals surface area contributed by atoms with Crippen molar-refractivity contribution in [1.29, 1.82) is 0 Å². The van der Waals surface area contributed by atoms with Gasteiger partial charge >= 0.3 is 0 Å². The maximum Gasteiger partial charge on any atom is 0.243 e. The van der Waals surface area contributed by atoms with E-state index in [1.807, 2.05) is 6.07 Å². The Balaban J connectivity index is 1.76. The third-order valence-electron chi connectivity index (χ3n) is 6.74. The number of carbonyl (C=O) groups is 2. The van der Waals surface area contributed by atoms with Gasteiger partial charge in [0.25, 0.3) is 0 Å². The Labute approximate surface area is 232 Å². The van der Waals surface area contributed by atoms with Crippen molar-refractivity contribution in [2.75, 3.05) is 45.6 Å². The van der Waals surface area contributed by atoms with Crippen LogP contribution in [0.25, 0.3) is 11.1 Å². The molecule has 0 heterocycles. The second-order valence-electron chi connectivity index (χ2n) is 9.20. The van der Waals surface area contributed by atoms with Gasteiger partial charge in [-0.25, -0.2) is 0 Å². The van der Waals surface area contributed by atoms with E-state index in [1.54, 1.807) is 50.6 Å². The first-order chi connectivity index (χ1) is 19.3. The Morgan fingerprint density at radius 2 is 1.60 bits per heavy atom. The average molecular weight is 548 g/mol. The molecule has 3 aromatic carbocycles. The monoisotopic (exact) mass is 547 g/mol. The molecule has 0 aliphatic heterocycles. The number of methoxy groups -OCH3 is 4. The number of nitrogens with one attached hydrogen (secondary N) is 3. The summed E-state index contributed by atoms with van der Waals surface area (Å²) in [5, 5.41) is 8.71. The zero-order valence-corrected chi connectivity index (χ0v) is 23.2. The van der Waals surface area contributed by atoms with Gasteiger partial charge in [-0.3, -0.25) is 14.4 Å². The van der Waals surface area contributed by atoms with Gasteiger partial charge in [0.1, 0.15) is 5.75 Å². The summed E-state index contributed by atoms with van der Waals surface area (Å²) in [5.74, 6) is 1.37. The number of aryl methyl sites for hydroxylation is 1. The fourth-order valence-corrected chi connectivity index (χ4v) is 4.97. The summed E-state index contributed by atoms with van der Waals surface area (Å²) in [6, 6.07) is 13.5. The first kappa shape index (κ1) is 28.3. The lowest BCUT2D eigenvalue weighted by Crippen LogP contribution is -2.27. The molecule has 0 bridgehead atoms. The highest BCUT2D eigenvalue weighted by atomic mass is 16.5. The molecule has 0 saturated heterocycles. The van der Waals surface area contributed by atoms with Crippen LogP contribution in [0.1, 0.15) is 30.5 Å². The van der Waals surface area contributed by atoms with Crippen molar-refractivity contribution >= 4 is 23.2 Å². The highest BCUT2D eigenvalue weighted by molar-refractivity contribution is 5.95. The number of fused-ring (bicyclic) bond motifs is 3. The Kier molecular flexibility index (Phi) is 8.78. The molecule has 0 fully saturated rings. The molecule has 210 valence electrons. The van der Waals surface area contributed by atoms with Gasteiger partial charge in [0, 0.05) is 12.5 Å². The van der Waals surface area contributed by atoms with Gasteiger partial charge < -0.3 is 34.9 Å². The number of hydrogen-bond acceptors (Lipinski definition) is 8. The highest BCUT2D eigenvalue weighted by Gasteiger charge is 2.29. The molecule has 1 atom stereocenters. The lowest BCUT2D eigenvalue weighted by Gasteiger charge is -2.19. The third-order valence-corrected chi connectivity index (χ3v) is 6.74. The predicted octanol–water partition coefficient (Wildman–Crippen LogP) is 3.92. The zero-order valence-electron chi connectivity index (χ0n) is 23.2. The fourth-order valence-electron chi connectivity index (χ4n) is 4.97. The van der Waals surface area contributed by atoms with Crippen LogP contribution in [0.5, 0.6) is 23.0 Å². The van der Waals surface area contributed by atoms with Gasteiger partial charge in [-0.1, -0.05) is 18.2 Å². The second kappa shape index (κ2) is 12.4. The van der Waals surface area contributed by atoms with E-state index in [0.717, 1.165) is 11.1 Å². The van der Waals surface area contributed by atoms with E-state index in [9.17, 15) is 14.4 Å². The molecular formula is C30H33N3O7. The molecule has 10 heteroatoms. The van der Waals surface area contributed by atoms with Crippen molar-refractivity contribution < 1.29 is 28.5 Å². The van der Waals surface area contributed by atoms with E-state index in [4.69, 9.17) is 18.9 Å².